The van der Waals surface area contributed by atoms with Gasteiger partial charge in [-0.15, -0.1) is 0 Å². The molecule has 6 rings (SSSR count). The predicted octanol–water partition coefficient (Wildman–Crippen LogP) is 2.74. The zero-order chi connectivity index (χ0) is 10.3. The molecule has 1 nitrogen and oxygen atoms in total. The average molecular weight is 399 g/mol. The molecule has 0 unspecified atom stereocenters. The van der Waals surface area contributed by atoms with Crippen LogP contribution in [0, 0.1) is 41.4 Å². The molecule has 0 aromatic rings. The molecule has 0 aromatic carbocycles. The van der Waals surface area contributed by atoms with Crippen molar-refractivity contribution < 1.29 is 5.11 Å². The van der Waals surface area contributed by atoms with Gasteiger partial charge >= 0.3 is 0 Å². The molecule has 15 heavy (non-hydrogen) atoms. The molecule has 0 radical (unpaired) electrons. The van der Waals surface area contributed by atoms with Crippen LogP contribution in [0.15, 0.2) is 0 Å². The monoisotopic (exact) mass is 396 g/mol. The predicted molar refractivity (Wildman–Crippen MR) is 67.3 cm³/mol. The van der Waals surface area contributed by atoms with E-state index in [1.165, 1.54) is 6.42 Å². The third-order valence-corrected chi connectivity index (χ3v) is 9.73. The molecule has 0 aromatic heterocycles. The van der Waals surface area contributed by atoms with Crippen LogP contribution in [0.4, 0.5) is 0 Å². The van der Waals surface area contributed by atoms with Crippen molar-refractivity contribution in [1.29, 1.82) is 0 Å². The maximum atomic E-state index is 11.0. The smallest absolute Gasteiger partial charge is 0.0898 e. The Morgan fingerprint density at radius 3 is 2.40 bits per heavy atom. The summed E-state index contributed by atoms with van der Waals surface area (Å²) in [7, 11) is 0. The van der Waals surface area contributed by atoms with Crippen molar-refractivity contribution in [3.63, 3.8) is 0 Å². The first-order chi connectivity index (χ1) is 7.00. The summed E-state index contributed by atoms with van der Waals surface area (Å²) in [5.74, 6) is 4.93. The van der Waals surface area contributed by atoms with Gasteiger partial charge in [-0.2, -0.15) is 0 Å². The molecule has 1 N–H and O–H groups in total. The molecule has 4 heteroatoms. The molecular weight excluding hydrogens is 388 g/mol. The van der Waals surface area contributed by atoms with E-state index in [9.17, 15) is 5.11 Å². The molecule has 6 fully saturated rings. The zero-order valence-electron chi connectivity index (χ0n) is 7.91. The van der Waals surface area contributed by atoms with E-state index < -0.39 is 5.60 Å². The van der Waals surface area contributed by atoms with Crippen molar-refractivity contribution in [2.45, 2.75) is 20.1 Å². The maximum absolute atomic E-state index is 11.0. The molecule has 82 valence electrons. The van der Waals surface area contributed by atoms with Gasteiger partial charge in [-0.1, -0.05) is 47.8 Å². The number of halogens is 3. The van der Waals surface area contributed by atoms with Gasteiger partial charge in [-0.3, -0.25) is 0 Å². The highest BCUT2D eigenvalue weighted by Crippen LogP contribution is 2.89. The molecule has 6 aliphatic rings. The summed E-state index contributed by atoms with van der Waals surface area (Å²) in [5, 5.41) is 11.0. The first-order valence-electron chi connectivity index (χ1n) is 5.75. The lowest BCUT2D eigenvalue weighted by Crippen LogP contribution is -2.46. The maximum Gasteiger partial charge on any atom is 0.0898 e. The van der Waals surface area contributed by atoms with Crippen molar-refractivity contribution in [1.82, 2.24) is 0 Å². The second-order valence-corrected chi connectivity index (χ2v) is 10.9. The van der Waals surface area contributed by atoms with Crippen LogP contribution in [0.2, 0.25) is 0 Å². The standard InChI is InChI=1S/C11H11Br3O/c12-9-5-3-1-2-4(5)8-10(9,15)6(3)7(2)11(8,13)14/h2-9,15H,1H2/t2-,3-,4-,5-,6+,7+,8+,9-,10+/m0/s1. The van der Waals surface area contributed by atoms with E-state index in [4.69, 9.17) is 0 Å². The Hall–Kier alpha value is 1.40. The topological polar surface area (TPSA) is 20.2 Å². The van der Waals surface area contributed by atoms with E-state index in [-0.39, 0.29) is 3.23 Å². The summed E-state index contributed by atoms with van der Waals surface area (Å²) < 4.78 is 0.0424. The van der Waals surface area contributed by atoms with Gasteiger partial charge in [0.2, 0.25) is 0 Å². The molecule has 0 heterocycles. The summed E-state index contributed by atoms with van der Waals surface area (Å²) in [6.07, 6.45) is 1.38. The minimum Gasteiger partial charge on any atom is -0.388 e. The fourth-order valence-electron chi connectivity index (χ4n) is 6.49. The van der Waals surface area contributed by atoms with Gasteiger partial charge in [0, 0.05) is 10.7 Å². The summed E-state index contributed by atoms with van der Waals surface area (Å²) in [5.41, 5.74) is -0.412. The lowest BCUT2D eigenvalue weighted by molar-refractivity contribution is -0.0514. The van der Waals surface area contributed by atoms with Crippen molar-refractivity contribution >= 4 is 47.8 Å². The highest BCUT2D eigenvalue weighted by molar-refractivity contribution is 9.25. The highest BCUT2D eigenvalue weighted by Gasteiger charge is 2.91. The van der Waals surface area contributed by atoms with Crippen LogP contribution >= 0.6 is 47.8 Å². The van der Waals surface area contributed by atoms with Gasteiger partial charge in [0.05, 0.1) is 8.83 Å². The Morgan fingerprint density at radius 2 is 1.73 bits per heavy atom. The molecule has 0 amide bonds. The Morgan fingerprint density at radius 1 is 1.07 bits per heavy atom. The first kappa shape index (κ1) is 9.35. The average Bonchev–Trinajstić information content (AvgIpc) is 2.81. The van der Waals surface area contributed by atoms with E-state index in [1.807, 2.05) is 0 Å². The van der Waals surface area contributed by atoms with E-state index in [1.54, 1.807) is 0 Å². The minimum absolute atomic E-state index is 0.0424. The van der Waals surface area contributed by atoms with E-state index in [2.05, 4.69) is 47.8 Å². The largest absolute Gasteiger partial charge is 0.388 e. The molecule has 0 spiro atoms. The van der Waals surface area contributed by atoms with Gasteiger partial charge in [-0.25, -0.2) is 0 Å². The summed E-state index contributed by atoms with van der Waals surface area (Å²) in [6.45, 7) is 0. The molecular formula is C11H11Br3O. The van der Waals surface area contributed by atoms with Crippen molar-refractivity contribution in [3.8, 4) is 0 Å². The van der Waals surface area contributed by atoms with Crippen LogP contribution < -0.4 is 0 Å². The Bertz CT molecular complexity index is 395. The van der Waals surface area contributed by atoms with Gasteiger partial charge in [0.15, 0.2) is 0 Å². The van der Waals surface area contributed by atoms with Gasteiger partial charge in [0.25, 0.3) is 0 Å². The Kier molecular flexibility index (Phi) is 1.35. The number of hydrogen-bond acceptors (Lipinski definition) is 1. The minimum atomic E-state index is -0.412. The second-order valence-electron chi connectivity index (χ2n) is 6.21. The molecule has 9 atom stereocenters. The van der Waals surface area contributed by atoms with Crippen LogP contribution in [0.25, 0.3) is 0 Å². The summed E-state index contributed by atoms with van der Waals surface area (Å²) >= 11 is 11.6. The van der Waals surface area contributed by atoms with Crippen molar-refractivity contribution in [2.75, 3.05) is 0 Å². The third-order valence-electron chi connectivity index (χ3n) is 6.34. The van der Waals surface area contributed by atoms with Gasteiger partial charge in [0.1, 0.15) is 0 Å². The fraction of sp³-hybridized carbons (Fsp3) is 1.00. The van der Waals surface area contributed by atoms with Crippen molar-refractivity contribution in [3.05, 3.63) is 0 Å². The quantitative estimate of drug-likeness (QED) is 0.622. The molecule has 6 bridgehead atoms. The lowest BCUT2D eigenvalue weighted by atomic mass is 9.69. The fourth-order valence-corrected chi connectivity index (χ4v) is 10.4. The van der Waals surface area contributed by atoms with Gasteiger partial charge < -0.3 is 5.11 Å². The number of rotatable bonds is 0. The van der Waals surface area contributed by atoms with Crippen LogP contribution in [0.1, 0.15) is 6.42 Å². The molecule has 0 aliphatic heterocycles. The van der Waals surface area contributed by atoms with E-state index in [0.717, 1.165) is 23.7 Å². The summed E-state index contributed by atoms with van der Waals surface area (Å²) in [6, 6.07) is 0. The highest BCUT2D eigenvalue weighted by atomic mass is 79.9. The molecule has 6 saturated carbocycles. The zero-order valence-corrected chi connectivity index (χ0v) is 12.7. The third kappa shape index (κ3) is 0.609. The van der Waals surface area contributed by atoms with Crippen LogP contribution in [0.5, 0.6) is 0 Å². The van der Waals surface area contributed by atoms with Crippen molar-refractivity contribution in [2.24, 2.45) is 41.4 Å². The van der Waals surface area contributed by atoms with Crippen LogP contribution in [-0.2, 0) is 0 Å². The number of alkyl halides is 3. The number of hydrogen-bond donors (Lipinski definition) is 1. The van der Waals surface area contributed by atoms with Gasteiger partial charge in [-0.05, 0) is 41.9 Å². The number of aliphatic hydroxyl groups is 1. The SMILES string of the molecule is O[C@@]12[C@@H]3[C@H]4C[C@H]5[C@@H]([C@H]4[C@@H]1Br)[C@H]2C(Br)(Br)[C@H]53. The van der Waals surface area contributed by atoms with Crippen LogP contribution in [0.3, 0.4) is 0 Å². The Labute approximate surface area is 114 Å². The normalized spacial score (nSPS) is 79.2. The first-order valence-corrected chi connectivity index (χ1v) is 8.25. The molecule has 0 saturated heterocycles. The van der Waals surface area contributed by atoms with E-state index >= 15 is 0 Å². The second kappa shape index (κ2) is 2.17. The van der Waals surface area contributed by atoms with E-state index in [0.29, 0.717) is 22.6 Å². The Balaban J connectivity index is 1.88. The van der Waals surface area contributed by atoms with Crippen LogP contribution in [-0.4, -0.2) is 18.8 Å². The molecule has 6 aliphatic carbocycles. The summed E-state index contributed by atoms with van der Waals surface area (Å²) in [4.78, 5) is 0.363. The lowest BCUT2D eigenvalue weighted by Gasteiger charge is -2.38.